The van der Waals surface area contributed by atoms with E-state index in [9.17, 15) is 26.5 Å². The maximum Gasteiger partial charge on any atom is 0.267 e. The zero-order chi connectivity index (χ0) is 28.0. The highest BCUT2D eigenvalue weighted by Crippen LogP contribution is 2.37. The lowest BCUT2D eigenvalue weighted by Crippen LogP contribution is -2.14. The molecule has 12 heteroatoms. The lowest BCUT2D eigenvalue weighted by atomic mass is 10.0. The Labute approximate surface area is 227 Å². The van der Waals surface area contributed by atoms with Gasteiger partial charge in [-0.05, 0) is 54.7 Å². The van der Waals surface area contributed by atoms with Crippen LogP contribution in [0, 0.1) is 0 Å². The van der Waals surface area contributed by atoms with Crippen LogP contribution in [-0.2, 0) is 37.4 Å². The first kappa shape index (κ1) is 28.7. The topological polar surface area (TPSA) is 155 Å². The van der Waals surface area contributed by atoms with Crippen LogP contribution in [-0.4, -0.2) is 56.6 Å². The highest BCUT2D eigenvalue weighted by atomic mass is 32.2. The van der Waals surface area contributed by atoms with Crippen LogP contribution in [0.5, 0.6) is 0 Å². The predicted octanol–water partition coefficient (Wildman–Crippen LogP) is 4.22. The summed E-state index contributed by atoms with van der Waals surface area (Å²) in [4.78, 5) is 4.76. The van der Waals surface area contributed by atoms with Gasteiger partial charge in [-0.2, -0.15) is 16.8 Å². The van der Waals surface area contributed by atoms with Crippen molar-refractivity contribution in [1.29, 1.82) is 0 Å². The molecular weight excluding hydrogens is 542 g/mol. The van der Waals surface area contributed by atoms with E-state index in [1.807, 2.05) is 48.5 Å². The van der Waals surface area contributed by atoms with E-state index in [1.165, 1.54) is 0 Å². The third-order valence-electron chi connectivity index (χ3n) is 6.31. The molecule has 0 bridgehead atoms. The molecular formula is C27H31N3O7S2. The number of benzene rings is 3. The lowest BCUT2D eigenvalue weighted by molar-refractivity contribution is 0.282. The number of anilines is 3. The van der Waals surface area contributed by atoms with Gasteiger partial charge in [0.15, 0.2) is 0 Å². The standard InChI is InChI=1S/C27H31N3O7S2/c1-37-39(35,36)15-7-13-28-25-16-19(18-31)17-26(20(25)10-6-14-38(32,33)34)30-27-21-8-2-4-11-23(21)29-24-12-5-3-9-22(24)27/h2-5,8-9,11-12,16-17,28,31H,6-7,10,13-15,18H2,1H3,(H,29,30)(H,32,33,34). The minimum atomic E-state index is -4.16. The molecule has 4 rings (SSSR count). The van der Waals surface area contributed by atoms with E-state index in [0.717, 1.165) is 40.2 Å². The van der Waals surface area contributed by atoms with Crippen LogP contribution in [0.15, 0.2) is 60.7 Å². The van der Waals surface area contributed by atoms with Gasteiger partial charge in [-0.25, -0.2) is 4.98 Å². The summed E-state index contributed by atoms with van der Waals surface area (Å²) < 4.78 is 60.1. The molecule has 0 amide bonds. The fourth-order valence-electron chi connectivity index (χ4n) is 4.46. The van der Waals surface area contributed by atoms with Crippen molar-refractivity contribution < 1.29 is 30.7 Å². The summed E-state index contributed by atoms with van der Waals surface area (Å²) in [5, 5.41) is 18.5. The molecule has 0 fully saturated rings. The molecule has 0 aliphatic heterocycles. The molecule has 0 saturated carbocycles. The van der Waals surface area contributed by atoms with Crippen LogP contribution in [0.3, 0.4) is 0 Å². The molecule has 4 aromatic rings. The third-order valence-corrected chi connectivity index (χ3v) is 8.41. The molecule has 0 radical (unpaired) electrons. The number of rotatable bonds is 13. The summed E-state index contributed by atoms with van der Waals surface area (Å²) >= 11 is 0. The number of para-hydroxylation sites is 2. The van der Waals surface area contributed by atoms with Gasteiger partial charge in [-0.15, -0.1) is 0 Å². The van der Waals surface area contributed by atoms with Crippen LogP contribution in [0.25, 0.3) is 21.8 Å². The number of aliphatic hydroxyl groups is 1. The van der Waals surface area contributed by atoms with Gasteiger partial charge in [0.2, 0.25) is 0 Å². The van der Waals surface area contributed by atoms with E-state index in [1.54, 1.807) is 12.1 Å². The number of hydrogen-bond donors (Lipinski definition) is 4. The zero-order valence-corrected chi connectivity index (χ0v) is 23.1. The van der Waals surface area contributed by atoms with Crippen molar-refractivity contribution in [2.24, 2.45) is 0 Å². The van der Waals surface area contributed by atoms with Crippen LogP contribution in [0.1, 0.15) is 24.0 Å². The normalized spacial score (nSPS) is 12.2. The van der Waals surface area contributed by atoms with Crippen molar-refractivity contribution in [2.45, 2.75) is 25.9 Å². The molecule has 1 aromatic heterocycles. The second-order valence-corrected chi connectivity index (χ2v) is 12.5. The Morgan fingerprint density at radius 2 is 1.49 bits per heavy atom. The number of hydrogen-bond acceptors (Lipinski definition) is 9. The molecule has 0 saturated heterocycles. The maximum absolute atomic E-state index is 11.7. The van der Waals surface area contributed by atoms with E-state index >= 15 is 0 Å². The quantitative estimate of drug-likeness (QED) is 0.0791. The van der Waals surface area contributed by atoms with E-state index in [2.05, 4.69) is 14.8 Å². The number of nitrogens with one attached hydrogen (secondary N) is 2. The highest BCUT2D eigenvalue weighted by Gasteiger charge is 2.17. The fourth-order valence-corrected chi connectivity index (χ4v) is 5.63. The van der Waals surface area contributed by atoms with E-state index in [0.29, 0.717) is 23.5 Å². The van der Waals surface area contributed by atoms with Crippen molar-refractivity contribution >= 4 is 59.1 Å². The summed E-state index contributed by atoms with van der Waals surface area (Å²) in [6, 6.07) is 19.0. The fraction of sp³-hybridized carbons (Fsp3) is 0.296. The molecule has 208 valence electrons. The van der Waals surface area contributed by atoms with E-state index in [4.69, 9.17) is 4.98 Å². The van der Waals surface area contributed by atoms with Gasteiger partial charge < -0.3 is 15.7 Å². The first-order chi connectivity index (χ1) is 18.6. The Balaban J connectivity index is 1.78. The van der Waals surface area contributed by atoms with Gasteiger partial charge in [-0.1, -0.05) is 36.4 Å². The van der Waals surface area contributed by atoms with E-state index < -0.39 is 26.0 Å². The molecule has 4 N–H and O–H groups in total. The Kier molecular flexibility index (Phi) is 9.03. The molecule has 0 spiro atoms. The average molecular weight is 574 g/mol. The first-order valence-electron chi connectivity index (χ1n) is 12.4. The molecule has 1 heterocycles. The summed E-state index contributed by atoms with van der Waals surface area (Å²) in [6.07, 6.45) is 0.705. The van der Waals surface area contributed by atoms with Gasteiger partial charge in [0.25, 0.3) is 20.2 Å². The minimum Gasteiger partial charge on any atom is -0.392 e. The second kappa shape index (κ2) is 12.3. The van der Waals surface area contributed by atoms with Gasteiger partial charge in [0.05, 0.1) is 41.9 Å². The number of fused-ring (bicyclic) bond motifs is 2. The van der Waals surface area contributed by atoms with Gasteiger partial charge in [-0.3, -0.25) is 8.74 Å². The molecule has 39 heavy (non-hydrogen) atoms. The molecule has 3 aromatic carbocycles. The van der Waals surface area contributed by atoms with Crippen LogP contribution in [0.2, 0.25) is 0 Å². The number of nitrogens with zero attached hydrogens (tertiary/aromatic N) is 1. The summed E-state index contributed by atoms with van der Waals surface area (Å²) in [6.45, 7) is 0.0495. The number of pyridine rings is 1. The monoisotopic (exact) mass is 573 g/mol. The Morgan fingerprint density at radius 1 is 0.872 bits per heavy atom. The SMILES string of the molecule is COS(=O)(=O)CCCNc1cc(CO)cc(Nc2c3ccccc3nc3ccccc23)c1CCCS(=O)(=O)O. The molecule has 10 nitrogen and oxygen atoms in total. The number of aromatic nitrogens is 1. The maximum atomic E-state index is 11.7. The Bertz CT molecular complexity index is 1640. The van der Waals surface area contributed by atoms with Gasteiger partial charge >= 0.3 is 0 Å². The Hall–Kier alpha value is -3.29. The molecule has 0 unspecified atom stereocenters. The largest absolute Gasteiger partial charge is 0.392 e. The summed E-state index contributed by atoms with van der Waals surface area (Å²) in [5.74, 6) is -0.588. The van der Waals surface area contributed by atoms with Gasteiger partial charge in [0, 0.05) is 28.7 Å². The molecule has 0 atom stereocenters. The van der Waals surface area contributed by atoms with Gasteiger partial charge in [0.1, 0.15) is 0 Å². The molecule has 0 aliphatic rings. The summed E-state index contributed by atoms with van der Waals surface area (Å²) in [5.41, 5.74) is 4.99. The van der Waals surface area contributed by atoms with Crippen molar-refractivity contribution in [2.75, 3.05) is 35.8 Å². The smallest absolute Gasteiger partial charge is 0.267 e. The van der Waals surface area contributed by atoms with Crippen molar-refractivity contribution in [3.63, 3.8) is 0 Å². The van der Waals surface area contributed by atoms with Crippen LogP contribution >= 0.6 is 0 Å². The molecule has 0 aliphatic carbocycles. The predicted molar refractivity (Wildman–Crippen MR) is 154 cm³/mol. The zero-order valence-electron chi connectivity index (χ0n) is 21.4. The lowest BCUT2D eigenvalue weighted by Gasteiger charge is -2.21. The number of aliphatic hydroxyl groups excluding tert-OH is 1. The minimum absolute atomic E-state index is 0.149. The van der Waals surface area contributed by atoms with Crippen molar-refractivity contribution in [3.05, 3.63) is 71.8 Å². The summed E-state index contributed by atoms with van der Waals surface area (Å²) in [7, 11) is -6.65. The first-order valence-corrected chi connectivity index (χ1v) is 15.6. The third kappa shape index (κ3) is 7.43. The van der Waals surface area contributed by atoms with Crippen molar-refractivity contribution in [3.8, 4) is 0 Å². The van der Waals surface area contributed by atoms with E-state index in [-0.39, 0.29) is 31.6 Å². The average Bonchev–Trinajstić information content (AvgIpc) is 2.91. The van der Waals surface area contributed by atoms with Crippen molar-refractivity contribution in [1.82, 2.24) is 4.98 Å². The second-order valence-electron chi connectivity index (χ2n) is 9.07. The van der Waals surface area contributed by atoms with Crippen LogP contribution < -0.4 is 10.6 Å². The van der Waals surface area contributed by atoms with Crippen LogP contribution in [0.4, 0.5) is 17.1 Å². The Morgan fingerprint density at radius 3 is 2.08 bits per heavy atom. The highest BCUT2D eigenvalue weighted by molar-refractivity contribution is 7.86.